The zero-order chi connectivity index (χ0) is 25.8. The molecule has 0 spiro atoms. The number of carbonyl (C=O) groups is 2. The molecule has 2 aromatic carbocycles. The Morgan fingerprint density at radius 1 is 1.06 bits per heavy atom. The van der Waals surface area contributed by atoms with Crippen LogP contribution in [-0.4, -0.2) is 32.6 Å². The summed E-state index contributed by atoms with van der Waals surface area (Å²) < 4.78 is 30.6. The summed E-state index contributed by atoms with van der Waals surface area (Å²) in [4.78, 5) is 26.8. The molecule has 0 saturated heterocycles. The molecule has 0 radical (unpaired) electrons. The molecule has 6 nitrogen and oxygen atoms in total. The Bertz CT molecular complexity index is 1230. The van der Waals surface area contributed by atoms with Crippen LogP contribution in [0, 0.1) is 5.82 Å². The van der Waals surface area contributed by atoms with Gasteiger partial charge in [0, 0.05) is 29.3 Å². The topological polar surface area (TPSA) is 73.9 Å². The molecule has 0 fully saturated rings. The number of ether oxygens (including phenoxy) is 3. The molecule has 0 saturated carbocycles. The fraction of sp³-hybridized carbons (Fsp3) is 0.379. The highest BCUT2D eigenvalue weighted by atomic mass is 19.1. The van der Waals surface area contributed by atoms with Crippen molar-refractivity contribution in [3.8, 4) is 11.5 Å². The molecule has 1 aliphatic heterocycles. The van der Waals surface area contributed by atoms with Gasteiger partial charge in [-0.25, -0.2) is 9.18 Å². The second-order valence-corrected chi connectivity index (χ2v) is 9.18. The van der Waals surface area contributed by atoms with Crippen LogP contribution in [0.25, 0.3) is 0 Å². The van der Waals surface area contributed by atoms with E-state index in [0.717, 1.165) is 24.1 Å². The lowest BCUT2D eigenvalue weighted by molar-refractivity contribution is -0.139. The van der Waals surface area contributed by atoms with E-state index in [1.807, 2.05) is 25.1 Å². The van der Waals surface area contributed by atoms with Gasteiger partial charge in [-0.1, -0.05) is 31.5 Å². The number of Topliss-reactive ketones (excluding diaryl/α,β-unsaturated/α-hetero) is 1. The summed E-state index contributed by atoms with van der Waals surface area (Å²) in [6.45, 7) is 4.11. The molecule has 2 aliphatic rings. The molecular formula is C29H32FNO5. The van der Waals surface area contributed by atoms with E-state index < -0.39 is 17.7 Å². The number of hydrogen-bond acceptors (Lipinski definition) is 6. The van der Waals surface area contributed by atoms with Crippen LogP contribution in [-0.2, 0) is 14.3 Å². The average molecular weight is 494 g/mol. The van der Waals surface area contributed by atoms with Crippen LogP contribution in [0.1, 0.15) is 62.5 Å². The standard InChI is InChI=1S/C29H32FNO5/c1-5-6-12-36-29(33)26-17(2)31-22-14-20(18-10-11-24(34-3)25(16-18)35-4)15-23(32)28(22)27(26)19-8-7-9-21(30)13-19/h7-11,13,16,20,27,31H,5-6,12,14-15H2,1-4H3/t20-,27-/m0/s1. The van der Waals surface area contributed by atoms with Crippen molar-refractivity contribution < 1.29 is 28.2 Å². The number of methoxy groups -OCH3 is 2. The van der Waals surface area contributed by atoms with Gasteiger partial charge >= 0.3 is 5.97 Å². The van der Waals surface area contributed by atoms with Crippen molar-refractivity contribution in [3.05, 3.63) is 81.9 Å². The lowest BCUT2D eigenvalue weighted by atomic mass is 9.71. The number of hydrogen-bond donors (Lipinski definition) is 1. The van der Waals surface area contributed by atoms with Crippen molar-refractivity contribution in [2.75, 3.05) is 20.8 Å². The first-order valence-electron chi connectivity index (χ1n) is 12.3. The van der Waals surface area contributed by atoms with Crippen LogP contribution in [0.4, 0.5) is 4.39 Å². The monoisotopic (exact) mass is 493 g/mol. The Morgan fingerprint density at radius 2 is 1.83 bits per heavy atom. The molecule has 0 aromatic heterocycles. The zero-order valence-electron chi connectivity index (χ0n) is 21.2. The van der Waals surface area contributed by atoms with Crippen molar-refractivity contribution in [1.29, 1.82) is 0 Å². The van der Waals surface area contributed by atoms with Crippen molar-refractivity contribution in [2.24, 2.45) is 0 Å². The minimum absolute atomic E-state index is 0.0795. The number of halogens is 1. The van der Waals surface area contributed by atoms with Gasteiger partial charge in [0.2, 0.25) is 0 Å². The van der Waals surface area contributed by atoms with E-state index in [4.69, 9.17) is 14.2 Å². The predicted octanol–water partition coefficient (Wildman–Crippen LogP) is 5.55. The van der Waals surface area contributed by atoms with Gasteiger partial charge in [0.15, 0.2) is 17.3 Å². The van der Waals surface area contributed by atoms with Gasteiger partial charge < -0.3 is 19.5 Å². The summed E-state index contributed by atoms with van der Waals surface area (Å²) in [6, 6.07) is 11.8. The summed E-state index contributed by atoms with van der Waals surface area (Å²) in [5.41, 5.74) is 3.75. The van der Waals surface area contributed by atoms with Gasteiger partial charge in [-0.05, 0) is 61.1 Å². The van der Waals surface area contributed by atoms with Gasteiger partial charge in [-0.3, -0.25) is 4.79 Å². The number of carbonyl (C=O) groups excluding carboxylic acids is 2. The molecule has 1 aliphatic carbocycles. The van der Waals surface area contributed by atoms with Crippen LogP contribution in [0.15, 0.2) is 65.0 Å². The maximum atomic E-state index is 14.3. The smallest absolute Gasteiger partial charge is 0.336 e. The van der Waals surface area contributed by atoms with E-state index in [1.54, 1.807) is 33.3 Å². The molecule has 4 rings (SSSR count). The summed E-state index contributed by atoms with van der Waals surface area (Å²) >= 11 is 0. The normalized spacial score (nSPS) is 19.5. The minimum atomic E-state index is -0.690. The predicted molar refractivity (Wildman–Crippen MR) is 134 cm³/mol. The van der Waals surface area contributed by atoms with E-state index in [-0.39, 0.29) is 18.1 Å². The van der Waals surface area contributed by atoms with Crippen molar-refractivity contribution >= 4 is 11.8 Å². The van der Waals surface area contributed by atoms with E-state index >= 15 is 0 Å². The first-order chi connectivity index (χ1) is 17.4. The SMILES string of the molecule is CCCCOC(=O)C1=C(C)NC2=C(C(=O)C[C@@H](c3ccc(OC)c(OC)c3)C2)[C@H]1c1cccc(F)c1. The maximum Gasteiger partial charge on any atom is 0.336 e. The van der Waals surface area contributed by atoms with Crippen molar-refractivity contribution in [1.82, 2.24) is 5.32 Å². The molecule has 2 atom stereocenters. The molecule has 1 N–H and O–H groups in total. The molecule has 0 bridgehead atoms. The first kappa shape index (κ1) is 25.5. The molecule has 36 heavy (non-hydrogen) atoms. The van der Waals surface area contributed by atoms with Crippen LogP contribution < -0.4 is 14.8 Å². The highest BCUT2D eigenvalue weighted by Gasteiger charge is 2.41. The largest absolute Gasteiger partial charge is 0.493 e. The highest BCUT2D eigenvalue weighted by molar-refractivity contribution is 6.04. The number of rotatable bonds is 8. The lowest BCUT2D eigenvalue weighted by Gasteiger charge is -2.36. The molecule has 190 valence electrons. The van der Waals surface area contributed by atoms with Crippen LogP contribution in [0.5, 0.6) is 11.5 Å². The Balaban J connectivity index is 1.74. The number of nitrogens with one attached hydrogen (secondary N) is 1. The number of esters is 1. The second kappa shape index (κ2) is 11.0. The maximum absolute atomic E-state index is 14.3. The van der Waals surface area contributed by atoms with E-state index in [0.29, 0.717) is 46.9 Å². The fourth-order valence-corrected chi connectivity index (χ4v) is 5.06. The lowest BCUT2D eigenvalue weighted by Crippen LogP contribution is -2.36. The Hall–Kier alpha value is -3.61. The number of dihydropyridines is 1. The zero-order valence-corrected chi connectivity index (χ0v) is 21.2. The first-order valence-corrected chi connectivity index (χ1v) is 12.3. The van der Waals surface area contributed by atoms with Crippen LogP contribution >= 0.6 is 0 Å². The van der Waals surface area contributed by atoms with E-state index in [1.165, 1.54) is 12.1 Å². The van der Waals surface area contributed by atoms with Crippen LogP contribution in [0.2, 0.25) is 0 Å². The van der Waals surface area contributed by atoms with Crippen molar-refractivity contribution in [3.63, 3.8) is 0 Å². The van der Waals surface area contributed by atoms with Gasteiger partial charge in [-0.2, -0.15) is 0 Å². The highest BCUT2D eigenvalue weighted by Crippen LogP contribution is 2.46. The molecular weight excluding hydrogens is 461 g/mol. The van der Waals surface area contributed by atoms with E-state index in [9.17, 15) is 14.0 Å². The van der Waals surface area contributed by atoms with Gasteiger partial charge in [0.05, 0.1) is 26.4 Å². The molecule has 2 aromatic rings. The Morgan fingerprint density at radius 3 is 2.53 bits per heavy atom. The fourth-order valence-electron chi connectivity index (χ4n) is 5.06. The third kappa shape index (κ3) is 5.01. The Labute approximate surface area is 211 Å². The summed E-state index contributed by atoms with van der Waals surface area (Å²) in [5, 5.41) is 3.32. The average Bonchev–Trinajstić information content (AvgIpc) is 2.87. The molecule has 7 heteroatoms. The van der Waals surface area contributed by atoms with Crippen molar-refractivity contribution in [2.45, 2.75) is 51.4 Å². The number of unbranched alkanes of at least 4 members (excludes halogenated alkanes) is 1. The quantitative estimate of drug-likeness (QED) is 0.384. The summed E-state index contributed by atoms with van der Waals surface area (Å²) in [5.74, 6) is -0.531. The third-order valence-corrected chi connectivity index (χ3v) is 6.84. The van der Waals surface area contributed by atoms with E-state index in [2.05, 4.69) is 5.32 Å². The summed E-state index contributed by atoms with van der Waals surface area (Å²) in [6.07, 6.45) is 2.47. The molecule has 0 amide bonds. The molecule has 0 unspecified atom stereocenters. The van der Waals surface area contributed by atoms with Gasteiger partial charge in [0.1, 0.15) is 5.82 Å². The summed E-state index contributed by atoms with van der Waals surface area (Å²) in [7, 11) is 3.16. The molecule has 1 heterocycles. The Kier molecular flexibility index (Phi) is 7.77. The minimum Gasteiger partial charge on any atom is -0.493 e. The van der Waals surface area contributed by atoms with Gasteiger partial charge in [-0.15, -0.1) is 0 Å². The third-order valence-electron chi connectivity index (χ3n) is 6.84. The number of ketones is 1. The number of allylic oxidation sites excluding steroid dienone is 3. The number of benzene rings is 2. The second-order valence-electron chi connectivity index (χ2n) is 9.18. The van der Waals surface area contributed by atoms with Gasteiger partial charge in [0.25, 0.3) is 0 Å². The van der Waals surface area contributed by atoms with Crippen LogP contribution in [0.3, 0.4) is 0 Å².